The van der Waals surface area contributed by atoms with Crippen molar-refractivity contribution in [2.45, 2.75) is 6.61 Å². The van der Waals surface area contributed by atoms with E-state index in [-0.39, 0.29) is 12.7 Å². The van der Waals surface area contributed by atoms with E-state index >= 15 is 0 Å². The minimum Gasteiger partial charge on any atom is -0.483 e. The van der Waals surface area contributed by atoms with Crippen molar-refractivity contribution in [3.8, 4) is 5.75 Å². The molecular formula is C13H8BrF4NO. The monoisotopic (exact) mass is 349 g/mol. The summed E-state index contributed by atoms with van der Waals surface area (Å²) in [6.07, 6.45) is 0. The number of anilines is 1. The van der Waals surface area contributed by atoms with Gasteiger partial charge in [-0.3, -0.25) is 0 Å². The molecule has 0 aliphatic heterocycles. The lowest BCUT2D eigenvalue weighted by Crippen LogP contribution is -2.05. The smallest absolute Gasteiger partial charge is 0.203 e. The quantitative estimate of drug-likeness (QED) is 0.512. The first-order valence-electron chi connectivity index (χ1n) is 5.40. The van der Waals surface area contributed by atoms with E-state index in [0.29, 0.717) is 15.7 Å². The second-order valence-electron chi connectivity index (χ2n) is 3.91. The molecule has 7 heteroatoms. The Hall–Kier alpha value is -1.76. The highest BCUT2D eigenvalue weighted by molar-refractivity contribution is 9.10. The highest BCUT2D eigenvalue weighted by atomic mass is 79.9. The van der Waals surface area contributed by atoms with Gasteiger partial charge in [0, 0.05) is 21.8 Å². The van der Waals surface area contributed by atoms with Crippen molar-refractivity contribution < 1.29 is 22.3 Å². The van der Waals surface area contributed by atoms with Crippen molar-refractivity contribution in [3.63, 3.8) is 0 Å². The molecule has 0 fully saturated rings. The fourth-order valence-corrected chi connectivity index (χ4v) is 1.92. The van der Waals surface area contributed by atoms with Crippen LogP contribution in [0.1, 0.15) is 5.56 Å². The van der Waals surface area contributed by atoms with Gasteiger partial charge in [0.1, 0.15) is 6.61 Å². The lowest BCUT2D eigenvalue weighted by Gasteiger charge is -2.11. The Morgan fingerprint density at radius 1 is 1.05 bits per heavy atom. The highest BCUT2D eigenvalue weighted by Crippen LogP contribution is 2.29. The van der Waals surface area contributed by atoms with Gasteiger partial charge in [-0.15, -0.1) is 0 Å². The lowest BCUT2D eigenvalue weighted by atomic mass is 10.2. The number of nitrogen functional groups attached to an aromatic ring is 1. The third-order valence-electron chi connectivity index (χ3n) is 2.55. The summed E-state index contributed by atoms with van der Waals surface area (Å²) < 4.78 is 58.1. The van der Waals surface area contributed by atoms with Gasteiger partial charge in [0.25, 0.3) is 0 Å². The van der Waals surface area contributed by atoms with Gasteiger partial charge in [0.2, 0.25) is 11.6 Å². The highest BCUT2D eigenvalue weighted by Gasteiger charge is 2.20. The number of rotatable bonds is 3. The lowest BCUT2D eigenvalue weighted by molar-refractivity contribution is 0.261. The molecule has 0 aliphatic rings. The molecule has 0 amide bonds. The summed E-state index contributed by atoms with van der Waals surface area (Å²) in [4.78, 5) is 0. The molecule has 0 heterocycles. The van der Waals surface area contributed by atoms with Gasteiger partial charge < -0.3 is 10.5 Å². The number of hydrogen-bond donors (Lipinski definition) is 1. The van der Waals surface area contributed by atoms with E-state index in [1.165, 1.54) is 0 Å². The van der Waals surface area contributed by atoms with E-state index in [9.17, 15) is 17.6 Å². The van der Waals surface area contributed by atoms with E-state index in [4.69, 9.17) is 10.5 Å². The molecule has 2 N–H and O–H groups in total. The topological polar surface area (TPSA) is 35.2 Å². The molecule has 2 rings (SSSR count). The van der Waals surface area contributed by atoms with Crippen LogP contribution in [0.3, 0.4) is 0 Å². The van der Waals surface area contributed by atoms with Crippen LogP contribution in [0.15, 0.2) is 28.7 Å². The Labute approximate surface area is 120 Å². The number of nitrogens with two attached hydrogens (primary N) is 1. The van der Waals surface area contributed by atoms with Crippen LogP contribution in [0.2, 0.25) is 0 Å². The first-order valence-corrected chi connectivity index (χ1v) is 6.19. The summed E-state index contributed by atoms with van der Waals surface area (Å²) in [6, 6.07) is 4.92. The van der Waals surface area contributed by atoms with Crippen LogP contribution in [0.25, 0.3) is 0 Å². The molecule has 0 aromatic heterocycles. The van der Waals surface area contributed by atoms with Crippen molar-refractivity contribution in [2.24, 2.45) is 0 Å². The zero-order valence-electron chi connectivity index (χ0n) is 9.89. The molecule has 0 atom stereocenters. The standard InChI is InChI=1S/C13H8BrF4NO/c14-10-6(2-1-3-9(10)19)5-20-13-11(17)7(15)4-8(16)12(13)18/h1-4H,5,19H2. The van der Waals surface area contributed by atoms with Gasteiger partial charge in [-0.05, 0) is 22.0 Å². The molecule has 0 spiro atoms. The maximum absolute atomic E-state index is 13.4. The second-order valence-corrected chi connectivity index (χ2v) is 4.70. The molecule has 2 aromatic carbocycles. The molecule has 2 aromatic rings. The van der Waals surface area contributed by atoms with Crippen molar-refractivity contribution in [1.82, 2.24) is 0 Å². The van der Waals surface area contributed by atoms with Gasteiger partial charge in [-0.1, -0.05) is 12.1 Å². The zero-order chi connectivity index (χ0) is 14.9. The molecule has 20 heavy (non-hydrogen) atoms. The third-order valence-corrected chi connectivity index (χ3v) is 3.52. The van der Waals surface area contributed by atoms with Crippen molar-refractivity contribution in [3.05, 3.63) is 57.6 Å². The molecule has 0 aliphatic carbocycles. The summed E-state index contributed by atoms with van der Waals surface area (Å²) in [6.45, 7) is -0.303. The van der Waals surface area contributed by atoms with Gasteiger partial charge in [0.05, 0.1) is 0 Å². The summed E-state index contributed by atoms with van der Waals surface area (Å²) >= 11 is 3.18. The first-order chi connectivity index (χ1) is 9.41. The van der Waals surface area contributed by atoms with Crippen LogP contribution in [0, 0.1) is 23.3 Å². The molecule has 0 saturated heterocycles. The predicted molar refractivity (Wildman–Crippen MR) is 69.2 cm³/mol. The number of hydrogen-bond acceptors (Lipinski definition) is 2. The van der Waals surface area contributed by atoms with Crippen LogP contribution < -0.4 is 10.5 Å². The van der Waals surface area contributed by atoms with E-state index < -0.39 is 29.0 Å². The van der Waals surface area contributed by atoms with Gasteiger partial charge in [-0.2, -0.15) is 8.78 Å². The zero-order valence-corrected chi connectivity index (χ0v) is 11.5. The van der Waals surface area contributed by atoms with Crippen LogP contribution in [-0.2, 0) is 6.61 Å². The molecule has 0 bridgehead atoms. The molecular weight excluding hydrogens is 342 g/mol. The molecule has 0 saturated carbocycles. The van der Waals surface area contributed by atoms with Gasteiger partial charge >= 0.3 is 0 Å². The van der Waals surface area contributed by atoms with Gasteiger partial charge in [0.15, 0.2) is 17.4 Å². The van der Waals surface area contributed by atoms with Crippen molar-refractivity contribution in [1.29, 1.82) is 0 Å². The average Bonchev–Trinajstić information content (AvgIpc) is 2.41. The fraction of sp³-hybridized carbons (Fsp3) is 0.0769. The first kappa shape index (κ1) is 14.6. The second kappa shape index (κ2) is 5.70. The Balaban J connectivity index is 2.30. The maximum atomic E-state index is 13.4. The minimum absolute atomic E-state index is 0.119. The third kappa shape index (κ3) is 2.72. The molecule has 106 valence electrons. The van der Waals surface area contributed by atoms with Crippen LogP contribution in [-0.4, -0.2) is 0 Å². The van der Waals surface area contributed by atoms with Crippen LogP contribution in [0.4, 0.5) is 23.2 Å². The summed E-state index contributed by atoms with van der Waals surface area (Å²) in [5.74, 6) is -7.30. The Kier molecular flexibility index (Phi) is 4.17. The molecule has 2 nitrogen and oxygen atoms in total. The predicted octanol–water partition coefficient (Wildman–Crippen LogP) is 4.17. The summed E-state index contributed by atoms with van der Waals surface area (Å²) in [7, 11) is 0. The molecule has 0 unspecified atom stereocenters. The van der Waals surface area contributed by atoms with E-state index in [2.05, 4.69) is 15.9 Å². The largest absolute Gasteiger partial charge is 0.483 e. The van der Waals surface area contributed by atoms with Crippen molar-refractivity contribution in [2.75, 3.05) is 5.73 Å². The van der Waals surface area contributed by atoms with E-state index in [1.54, 1.807) is 18.2 Å². The Bertz CT molecular complexity index is 637. The van der Waals surface area contributed by atoms with Crippen LogP contribution >= 0.6 is 15.9 Å². The van der Waals surface area contributed by atoms with Gasteiger partial charge in [-0.25, -0.2) is 8.78 Å². The average molecular weight is 350 g/mol. The number of benzene rings is 2. The summed E-state index contributed by atoms with van der Waals surface area (Å²) in [5.41, 5.74) is 6.51. The van der Waals surface area contributed by atoms with E-state index in [0.717, 1.165) is 0 Å². The normalized spacial score (nSPS) is 10.7. The molecule has 0 radical (unpaired) electrons. The maximum Gasteiger partial charge on any atom is 0.203 e. The number of halogens is 5. The summed E-state index contributed by atoms with van der Waals surface area (Å²) in [5, 5.41) is 0. The SMILES string of the molecule is Nc1cccc(COc2c(F)c(F)cc(F)c2F)c1Br. The Morgan fingerprint density at radius 2 is 1.65 bits per heavy atom. The van der Waals surface area contributed by atoms with Crippen molar-refractivity contribution >= 4 is 21.6 Å². The van der Waals surface area contributed by atoms with Crippen LogP contribution in [0.5, 0.6) is 5.75 Å². The van der Waals surface area contributed by atoms with E-state index in [1.807, 2.05) is 0 Å². The fourth-order valence-electron chi connectivity index (χ4n) is 1.54. The minimum atomic E-state index is -1.58. The number of ether oxygens (including phenoxy) is 1. The Morgan fingerprint density at radius 3 is 2.25 bits per heavy atom.